The van der Waals surface area contributed by atoms with Gasteiger partial charge in [-0.05, 0) is 43.7 Å². The molecule has 0 aliphatic heterocycles. The molecule has 0 aliphatic carbocycles. The third-order valence-electron chi connectivity index (χ3n) is 3.21. The molecule has 0 heterocycles. The third kappa shape index (κ3) is 6.16. The van der Waals surface area contributed by atoms with Crippen LogP contribution in [0, 0.1) is 0 Å². The number of hydrogen-bond donors (Lipinski definition) is 2. The van der Waals surface area contributed by atoms with Crippen LogP contribution in [-0.4, -0.2) is 35.2 Å². The zero-order valence-corrected chi connectivity index (χ0v) is 13.5. The first kappa shape index (κ1) is 17.3. The zero-order valence-electron chi connectivity index (χ0n) is 11.9. The van der Waals surface area contributed by atoms with Crippen LogP contribution in [0.15, 0.2) is 24.3 Å². The molecule has 0 fully saturated rings. The summed E-state index contributed by atoms with van der Waals surface area (Å²) in [5.41, 5.74) is 1.19. The van der Waals surface area contributed by atoms with E-state index < -0.39 is 0 Å². The minimum atomic E-state index is -0.0157. The SMILES string of the molecule is CSC(CO)C(C)NC(=O)CCCc1ccc(Cl)cc1. The molecule has 2 N–H and O–H groups in total. The summed E-state index contributed by atoms with van der Waals surface area (Å²) < 4.78 is 0. The first-order valence-electron chi connectivity index (χ1n) is 6.74. The van der Waals surface area contributed by atoms with Crippen molar-refractivity contribution in [2.24, 2.45) is 0 Å². The molecule has 112 valence electrons. The average molecular weight is 316 g/mol. The molecule has 1 aromatic rings. The third-order valence-corrected chi connectivity index (χ3v) is 4.63. The van der Waals surface area contributed by atoms with Crippen molar-refractivity contribution in [1.29, 1.82) is 0 Å². The molecular formula is C15H22ClNO2S. The van der Waals surface area contributed by atoms with Gasteiger partial charge in [0.2, 0.25) is 5.91 Å². The van der Waals surface area contributed by atoms with Gasteiger partial charge < -0.3 is 10.4 Å². The van der Waals surface area contributed by atoms with Gasteiger partial charge in [-0.3, -0.25) is 4.79 Å². The highest BCUT2D eigenvalue weighted by Gasteiger charge is 2.16. The molecule has 1 rings (SSSR count). The van der Waals surface area contributed by atoms with Crippen LogP contribution in [0.3, 0.4) is 0 Å². The number of aliphatic hydroxyl groups is 1. The molecule has 0 radical (unpaired) electrons. The second kappa shape index (κ2) is 9.27. The Morgan fingerprint density at radius 2 is 2.05 bits per heavy atom. The minimum absolute atomic E-state index is 0.0157. The Morgan fingerprint density at radius 1 is 1.40 bits per heavy atom. The van der Waals surface area contributed by atoms with Crippen molar-refractivity contribution in [3.05, 3.63) is 34.9 Å². The van der Waals surface area contributed by atoms with E-state index in [0.29, 0.717) is 6.42 Å². The van der Waals surface area contributed by atoms with Crippen LogP contribution in [0.5, 0.6) is 0 Å². The lowest BCUT2D eigenvalue weighted by molar-refractivity contribution is -0.121. The van der Waals surface area contributed by atoms with E-state index in [1.807, 2.05) is 37.4 Å². The maximum Gasteiger partial charge on any atom is 0.220 e. The zero-order chi connectivity index (χ0) is 15.0. The Kier molecular flexibility index (Phi) is 8.04. The van der Waals surface area contributed by atoms with Crippen LogP contribution in [0.4, 0.5) is 0 Å². The molecular weight excluding hydrogens is 294 g/mol. The van der Waals surface area contributed by atoms with E-state index in [-0.39, 0.29) is 23.8 Å². The van der Waals surface area contributed by atoms with Gasteiger partial charge in [0.25, 0.3) is 0 Å². The Balaban J connectivity index is 2.27. The molecule has 0 aliphatic rings. The number of nitrogens with one attached hydrogen (secondary N) is 1. The molecule has 0 aromatic heterocycles. The minimum Gasteiger partial charge on any atom is -0.395 e. The first-order chi connectivity index (χ1) is 9.56. The van der Waals surface area contributed by atoms with Crippen LogP contribution in [-0.2, 0) is 11.2 Å². The fourth-order valence-corrected chi connectivity index (χ4v) is 2.71. The van der Waals surface area contributed by atoms with Gasteiger partial charge in [-0.25, -0.2) is 0 Å². The number of rotatable bonds is 8. The predicted molar refractivity (Wildman–Crippen MR) is 86.4 cm³/mol. The molecule has 0 saturated heterocycles. The number of carbonyl (C=O) groups is 1. The number of amides is 1. The Morgan fingerprint density at radius 3 is 2.60 bits per heavy atom. The largest absolute Gasteiger partial charge is 0.395 e. The average Bonchev–Trinajstić information content (AvgIpc) is 2.42. The van der Waals surface area contributed by atoms with Crippen molar-refractivity contribution in [1.82, 2.24) is 5.32 Å². The summed E-state index contributed by atoms with van der Waals surface area (Å²) in [6.07, 6.45) is 4.11. The number of aliphatic hydroxyl groups excluding tert-OH is 1. The van der Waals surface area contributed by atoms with Crippen molar-refractivity contribution in [2.75, 3.05) is 12.9 Å². The monoisotopic (exact) mass is 315 g/mol. The maximum atomic E-state index is 11.8. The molecule has 5 heteroatoms. The topological polar surface area (TPSA) is 49.3 Å². The second-order valence-corrected chi connectivity index (χ2v) is 6.31. The number of hydrogen-bond acceptors (Lipinski definition) is 3. The molecule has 3 nitrogen and oxygen atoms in total. The van der Waals surface area contributed by atoms with Crippen LogP contribution in [0.25, 0.3) is 0 Å². The van der Waals surface area contributed by atoms with Gasteiger partial charge in [-0.2, -0.15) is 11.8 Å². The highest BCUT2D eigenvalue weighted by Crippen LogP contribution is 2.13. The molecule has 0 bridgehead atoms. The van der Waals surface area contributed by atoms with E-state index >= 15 is 0 Å². The predicted octanol–water partition coefficient (Wildman–Crippen LogP) is 2.89. The summed E-state index contributed by atoms with van der Waals surface area (Å²) in [5.74, 6) is 0.0407. The highest BCUT2D eigenvalue weighted by atomic mass is 35.5. The van der Waals surface area contributed by atoms with Crippen LogP contribution >= 0.6 is 23.4 Å². The molecule has 1 aromatic carbocycles. The van der Waals surface area contributed by atoms with Crippen LogP contribution in [0.2, 0.25) is 5.02 Å². The van der Waals surface area contributed by atoms with E-state index in [1.165, 1.54) is 5.56 Å². The van der Waals surface area contributed by atoms with Gasteiger partial charge in [0.05, 0.1) is 6.61 Å². The van der Waals surface area contributed by atoms with Gasteiger partial charge in [0.15, 0.2) is 0 Å². The lowest BCUT2D eigenvalue weighted by Crippen LogP contribution is -2.41. The second-order valence-electron chi connectivity index (χ2n) is 4.79. The fraction of sp³-hybridized carbons (Fsp3) is 0.533. The molecule has 0 saturated carbocycles. The summed E-state index contributed by atoms with van der Waals surface area (Å²) in [5, 5.41) is 12.9. The van der Waals surface area contributed by atoms with Gasteiger partial charge in [0, 0.05) is 22.7 Å². The summed E-state index contributed by atoms with van der Waals surface area (Å²) in [6, 6.07) is 7.68. The lowest BCUT2D eigenvalue weighted by atomic mass is 10.1. The molecule has 1 amide bonds. The van der Waals surface area contributed by atoms with Crippen molar-refractivity contribution < 1.29 is 9.90 Å². The lowest BCUT2D eigenvalue weighted by Gasteiger charge is -2.21. The van der Waals surface area contributed by atoms with Gasteiger partial charge in [-0.1, -0.05) is 23.7 Å². The van der Waals surface area contributed by atoms with E-state index in [0.717, 1.165) is 17.9 Å². The first-order valence-corrected chi connectivity index (χ1v) is 8.41. The van der Waals surface area contributed by atoms with Crippen molar-refractivity contribution >= 4 is 29.3 Å². The van der Waals surface area contributed by atoms with Crippen molar-refractivity contribution in [3.8, 4) is 0 Å². The molecule has 20 heavy (non-hydrogen) atoms. The standard InChI is InChI=1S/C15H22ClNO2S/c1-11(14(10-18)20-2)17-15(19)5-3-4-12-6-8-13(16)9-7-12/h6-9,11,14,18H,3-5,10H2,1-2H3,(H,17,19). The van der Waals surface area contributed by atoms with Crippen molar-refractivity contribution in [2.45, 2.75) is 37.5 Å². The Hall–Kier alpha value is -0.710. The number of halogens is 1. The number of carbonyl (C=O) groups excluding carboxylic acids is 1. The van der Waals surface area contributed by atoms with Gasteiger partial charge in [0.1, 0.15) is 0 Å². The van der Waals surface area contributed by atoms with Crippen LogP contribution < -0.4 is 5.32 Å². The van der Waals surface area contributed by atoms with Crippen LogP contribution in [0.1, 0.15) is 25.3 Å². The van der Waals surface area contributed by atoms with Crippen molar-refractivity contribution in [3.63, 3.8) is 0 Å². The maximum absolute atomic E-state index is 11.8. The highest BCUT2D eigenvalue weighted by molar-refractivity contribution is 7.99. The van der Waals surface area contributed by atoms with Gasteiger partial charge >= 0.3 is 0 Å². The Labute approximate surface area is 130 Å². The molecule has 2 atom stereocenters. The number of aryl methyl sites for hydroxylation is 1. The number of benzene rings is 1. The Bertz CT molecular complexity index is 407. The van der Waals surface area contributed by atoms with E-state index in [4.69, 9.17) is 11.6 Å². The summed E-state index contributed by atoms with van der Waals surface area (Å²) in [6.45, 7) is 2.00. The normalized spacial score (nSPS) is 13.8. The smallest absolute Gasteiger partial charge is 0.220 e. The van der Waals surface area contributed by atoms with E-state index in [1.54, 1.807) is 11.8 Å². The molecule has 0 spiro atoms. The fourth-order valence-electron chi connectivity index (χ4n) is 1.96. The van der Waals surface area contributed by atoms with Gasteiger partial charge in [-0.15, -0.1) is 0 Å². The molecule has 2 unspecified atom stereocenters. The van der Waals surface area contributed by atoms with E-state index in [9.17, 15) is 9.90 Å². The quantitative estimate of drug-likeness (QED) is 0.775. The van der Waals surface area contributed by atoms with E-state index in [2.05, 4.69) is 5.32 Å². The summed E-state index contributed by atoms with van der Waals surface area (Å²) in [7, 11) is 0. The summed E-state index contributed by atoms with van der Waals surface area (Å²) in [4.78, 5) is 11.8. The number of thioether (sulfide) groups is 1. The summed E-state index contributed by atoms with van der Waals surface area (Å²) >= 11 is 7.39.